The van der Waals surface area contributed by atoms with Crippen LogP contribution in [0.2, 0.25) is 0 Å². The Morgan fingerprint density at radius 2 is 1.78 bits per heavy atom. The number of ether oxygens (including phenoxy) is 1. The van der Waals surface area contributed by atoms with E-state index in [0.717, 1.165) is 38.5 Å². The van der Waals surface area contributed by atoms with Gasteiger partial charge in [0.05, 0.1) is 13.2 Å². The van der Waals surface area contributed by atoms with Crippen molar-refractivity contribution in [2.75, 3.05) is 44.7 Å². The Kier molecular flexibility index (Phi) is 4.93. The van der Waals surface area contributed by atoms with Crippen LogP contribution in [-0.2, 0) is 14.3 Å². The molecule has 1 saturated carbocycles. The molecule has 0 unspecified atom stereocenters. The number of amides is 2. The summed E-state index contributed by atoms with van der Waals surface area (Å²) in [6.07, 6.45) is 1.24. The first kappa shape index (κ1) is 16.0. The van der Waals surface area contributed by atoms with Crippen LogP contribution in [0.25, 0.3) is 0 Å². The molecule has 2 fully saturated rings. The fourth-order valence-electron chi connectivity index (χ4n) is 2.78. The lowest BCUT2D eigenvalue weighted by atomic mass is 10.1. The summed E-state index contributed by atoms with van der Waals surface area (Å²) in [6, 6.07) is 9.25. The van der Waals surface area contributed by atoms with Crippen LogP contribution in [0.5, 0.6) is 0 Å². The van der Waals surface area contributed by atoms with E-state index < -0.39 is 5.41 Å². The van der Waals surface area contributed by atoms with Crippen molar-refractivity contribution < 1.29 is 14.3 Å². The SMILES string of the molecule is O=C(NCCN1CCOCC1)C1(C(=O)Nc2ccccc2)CC1. The molecular formula is C17H23N3O3. The van der Waals surface area contributed by atoms with E-state index in [1.807, 2.05) is 30.3 Å². The molecule has 1 heterocycles. The van der Waals surface area contributed by atoms with E-state index in [9.17, 15) is 9.59 Å². The van der Waals surface area contributed by atoms with Gasteiger partial charge in [-0.15, -0.1) is 0 Å². The minimum absolute atomic E-state index is 0.154. The molecule has 0 radical (unpaired) electrons. The largest absolute Gasteiger partial charge is 0.379 e. The van der Waals surface area contributed by atoms with Crippen LogP contribution < -0.4 is 10.6 Å². The van der Waals surface area contributed by atoms with E-state index in [2.05, 4.69) is 15.5 Å². The fraction of sp³-hybridized carbons (Fsp3) is 0.529. The maximum absolute atomic E-state index is 12.4. The molecule has 124 valence electrons. The van der Waals surface area contributed by atoms with Crippen molar-refractivity contribution in [2.24, 2.45) is 5.41 Å². The Labute approximate surface area is 136 Å². The van der Waals surface area contributed by atoms with Crippen molar-refractivity contribution in [1.82, 2.24) is 10.2 Å². The molecule has 3 rings (SSSR count). The van der Waals surface area contributed by atoms with Gasteiger partial charge in [0.25, 0.3) is 0 Å². The lowest BCUT2D eigenvalue weighted by molar-refractivity contribution is -0.134. The number of carbonyl (C=O) groups excluding carboxylic acids is 2. The Bertz CT molecular complexity index is 551. The van der Waals surface area contributed by atoms with Gasteiger partial charge in [0, 0.05) is 31.9 Å². The third-order valence-corrected chi connectivity index (χ3v) is 4.47. The number of nitrogens with zero attached hydrogens (tertiary/aromatic N) is 1. The number of para-hydroxylation sites is 1. The molecule has 0 aromatic heterocycles. The maximum Gasteiger partial charge on any atom is 0.240 e. The van der Waals surface area contributed by atoms with E-state index in [1.165, 1.54) is 0 Å². The zero-order chi connectivity index (χ0) is 16.1. The third-order valence-electron chi connectivity index (χ3n) is 4.47. The summed E-state index contributed by atoms with van der Waals surface area (Å²) in [4.78, 5) is 27.0. The molecule has 1 aromatic rings. The van der Waals surface area contributed by atoms with E-state index in [0.29, 0.717) is 19.4 Å². The molecule has 0 spiro atoms. The lowest BCUT2D eigenvalue weighted by Gasteiger charge is -2.26. The second-order valence-electron chi connectivity index (χ2n) is 6.11. The molecule has 1 aromatic carbocycles. The van der Waals surface area contributed by atoms with Gasteiger partial charge in [-0.3, -0.25) is 14.5 Å². The van der Waals surface area contributed by atoms with Gasteiger partial charge in [0.2, 0.25) is 11.8 Å². The zero-order valence-corrected chi connectivity index (χ0v) is 13.2. The second kappa shape index (κ2) is 7.10. The molecule has 6 heteroatoms. The number of morpholine rings is 1. The van der Waals surface area contributed by atoms with Gasteiger partial charge in [-0.05, 0) is 25.0 Å². The van der Waals surface area contributed by atoms with Crippen molar-refractivity contribution in [3.05, 3.63) is 30.3 Å². The molecule has 1 aliphatic carbocycles. The van der Waals surface area contributed by atoms with Crippen LogP contribution in [0.3, 0.4) is 0 Å². The Balaban J connectivity index is 1.47. The summed E-state index contributed by atoms with van der Waals surface area (Å²) >= 11 is 0. The van der Waals surface area contributed by atoms with Crippen LogP contribution in [0.1, 0.15) is 12.8 Å². The molecule has 2 N–H and O–H groups in total. The van der Waals surface area contributed by atoms with Crippen LogP contribution >= 0.6 is 0 Å². The quantitative estimate of drug-likeness (QED) is 0.763. The van der Waals surface area contributed by atoms with Gasteiger partial charge in [-0.25, -0.2) is 0 Å². The highest BCUT2D eigenvalue weighted by molar-refractivity contribution is 6.13. The molecule has 0 atom stereocenters. The number of hydrogen-bond acceptors (Lipinski definition) is 4. The molecule has 23 heavy (non-hydrogen) atoms. The van der Waals surface area contributed by atoms with Gasteiger partial charge >= 0.3 is 0 Å². The van der Waals surface area contributed by atoms with Gasteiger partial charge in [-0.1, -0.05) is 18.2 Å². The van der Waals surface area contributed by atoms with Crippen LogP contribution in [0, 0.1) is 5.41 Å². The van der Waals surface area contributed by atoms with Crippen LogP contribution in [0.4, 0.5) is 5.69 Å². The van der Waals surface area contributed by atoms with E-state index in [-0.39, 0.29) is 11.8 Å². The number of nitrogens with one attached hydrogen (secondary N) is 2. The van der Waals surface area contributed by atoms with Gasteiger partial charge < -0.3 is 15.4 Å². The highest BCUT2D eigenvalue weighted by Crippen LogP contribution is 2.46. The van der Waals surface area contributed by atoms with Crippen LogP contribution in [-0.4, -0.2) is 56.1 Å². The van der Waals surface area contributed by atoms with Crippen molar-refractivity contribution in [3.63, 3.8) is 0 Å². The summed E-state index contributed by atoms with van der Waals surface area (Å²) in [5, 5.41) is 5.76. The van der Waals surface area contributed by atoms with E-state index in [4.69, 9.17) is 4.74 Å². The molecule has 6 nitrogen and oxygen atoms in total. The molecule has 2 amide bonds. The molecule has 1 saturated heterocycles. The number of carbonyl (C=O) groups is 2. The van der Waals surface area contributed by atoms with Gasteiger partial charge in [0.15, 0.2) is 0 Å². The average molecular weight is 317 g/mol. The Morgan fingerprint density at radius 3 is 2.43 bits per heavy atom. The van der Waals surface area contributed by atoms with Crippen molar-refractivity contribution >= 4 is 17.5 Å². The van der Waals surface area contributed by atoms with E-state index in [1.54, 1.807) is 0 Å². The number of rotatable bonds is 6. The minimum atomic E-state index is -0.874. The first-order valence-corrected chi connectivity index (χ1v) is 8.16. The minimum Gasteiger partial charge on any atom is -0.379 e. The molecule has 2 aliphatic rings. The second-order valence-corrected chi connectivity index (χ2v) is 6.11. The fourth-order valence-corrected chi connectivity index (χ4v) is 2.78. The maximum atomic E-state index is 12.4. The first-order valence-electron chi connectivity index (χ1n) is 8.16. The number of hydrogen-bond donors (Lipinski definition) is 2. The summed E-state index contributed by atoms with van der Waals surface area (Å²) in [7, 11) is 0. The Morgan fingerprint density at radius 1 is 1.09 bits per heavy atom. The smallest absolute Gasteiger partial charge is 0.240 e. The summed E-state index contributed by atoms with van der Waals surface area (Å²) in [5.41, 5.74) is -0.147. The predicted molar refractivity (Wildman–Crippen MR) is 87.0 cm³/mol. The van der Waals surface area contributed by atoms with Gasteiger partial charge in [0.1, 0.15) is 5.41 Å². The Hall–Kier alpha value is -1.92. The van der Waals surface area contributed by atoms with Gasteiger partial charge in [-0.2, -0.15) is 0 Å². The average Bonchev–Trinajstić information content (AvgIpc) is 3.39. The van der Waals surface area contributed by atoms with Crippen molar-refractivity contribution in [3.8, 4) is 0 Å². The predicted octanol–water partition coefficient (Wildman–Crippen LogP) is 0.854. The molecule has 0 bridgehead atoms. The highest BCUT2D eigenvalue weighted by atomic mass is 16.5. The van der Waals surface area contributed by atoms with Crippen molar-refractivity contribution in [2.45, 2.75) is 12.8 Å². The van der Waals surface area contributed by atoms with Crippen molar-refractivity contribution in [1.29, 1.82) is 0 Å². The lowest BCUT2D eigenvalue weighted by Crippen LogP contribution is -2.45. The standard InChI is InChI=1S/C17H23N3O3/c21-15(18-8-9-20-10-12-23-13-11-20)17(6-7-17)16(22)19-14-4-2-1-3-5-14/h1-5H,6-13H2,(H,18,21)(H,19,22). The highest BCUT2D eigenvalue weighted by Gasteiger charge is 2.56. The monoisotopic (exact) mass is 317 g/mol. The zero-order valence-electron chi connectivity index (χ0n) is 13.2. The molecule has 1 aliphatic heterocycles. The number of anilines is 1. The first-order chi connectivity index (χ1) is 11.2. The summed E-state index contributed by atoms with van der Waals surface area (Å²) in [5.74, 6) is -0.355. The topological polar surface area (TPSA) is 70.7 Å². The summed E-state index contributed by atoms with van der Waals surface area (Å²) in [6.45, 7) is 4.66. The van der Waals surface area contributed by atoms with E-state index >= 15 is 0 Å². The third kappa shape index (κ3) is 3.89. The normalized spacial score (nSPS) is 19.8. The molecular weight excluding hydrogens is 294 g/mol. The number of benzene rings is 1. The van der Waals surface area contributed by atoms with Crippen LogP contribution in [0.15, 0.2) is 30.3 Å². The summed E-state index contributed by atoms with van der Waals surface area (Å²) < 4.78 is 5.30.